The van der Waals surface area contributed by atoms with E-state index in [1.165, 1.54) is 5.69 Å². The molecule has 0 aliphatic carbocycles. The third-order valence-electron chi connectivity index (χ3n) is 7.39. The number of hydrogen-bond acceptors (Lipinski definition) is 3. The van der Waals surface area contributed by atoms with Crippen LogP contribution in [0.2, 0.25) is 0 Å². The van der Waals surface area contributed by atoms with Crippen LogP contribution in [-0.2, 0) is 16.5 Å². The number of rotatable bonds is 1. The van der Waals surface area contributed by atoms with Gasteiger partial charge < -0.3 is 14.2 Å². The number of imidazole rings is 1. The molecular formula is C30H29N2O3+. The smallest absolute Gasteiger partial charge is 0.244 e. The van der Waals surface area contributed by atoms with Gasteiger partial charge in [-0.05, 0) is 77.9 Å². The minimum absolute atomic E-state index is 0.0914. The van der Waals surface area contributed by atoms with E-state index in [0.717, 1.165) is 51.2 Å². The first kappa shape index (κ1) is 20.6. The van der Waals surface area contributed by atoms with Crippen molar-refractivity contribution in [3.05, 3.63) is 89.5 Å². The topological polar surface area (TPSA) is 36.5 Å². The predicted octanol–water partition coefficient (Wildman–Crippen LogP) is 6.99. The largest absolute Gasteiger partial charge is 0.456 e. The molecule has 4 heterocycles. The van der Waals surface area contributed by atoms with Crippen molar-refractivity contribution in [3.63, 3.8) is 0 Å². The minimum atomic E-state index is -0.650. The first-order chi connectivity index (χ1) is 16.6. The second-order valence-electron chi connectivity index (χ2n) is 11.7. The average Bonchev–Trinajstić information content (AvgIpc) is 3.27. The lowest BCUT2D eigenvalue weighted by molar-refractivity contribution is -0.753. The summed E-state index contributed by atoms with van der Waals surface area (Å²) in [4.78, 5) is 0. The Bertz CT molecular complexity index is 1360. The lowest BCUT2D eigenvalue weighted by atomic mass is 9.62. The minimum Gasteiger partial charge on any atom is -0.456 e. The molecular weight excluding hydrogens is 436 g/mol. The molecule has 0 spiro atoms. The monoisotopic (exact) mass is 465 g/mol. The highest BCUT2D eigenvalue weighted by Gasteiger charge is 2.60. The van der Waals surface area contributed by atoms with Crippen molar-refractivity contribution in [2.24, 2.45) is 0 Å². The summed E-state index contributed by atoms with van der Waals surface area (Å²) in [5.74, 6) is 4.91. The van der Waals surface area contributed by atoms with E-state index in [1.807, 2.05) is 54.6 Å². The van der Waals surface area contributed by atoms with E-state index in [0.29, 0.717) is 0 Å². The molecule has 0 radical (unpaired) electrons. The molecule has 7 rings (SSSR count). The predicted molar refractivity (Wildman–Crippen MR) is 133 cm³/mol. The van der Waals surface area contributed by atoms with Gasteiger partial charge in [0, 0.05) is 0 Å². The van der Waals surface area contributed by atoms with Gasteiger partial charge in [0.15, 0.2) is 5.69 Å². The van der Waals surface area contributed by atoms with Crippen LogP contribution < -0.4 is 18.8 Å². The van der Waals surface area contributed by atoms with Gasteiger partial charge in [0.1, 0.15) is 57.2 Å². The summed E-state index contributed by atoms with van der Waals surface area (Å²) in [6.07, 6.45) is 4.57. The normalized spacial score (nSPS) is 16.1. The standard InChI is InChI=1S/C30H29N2O3/c1-28(2,3)31-16-24(32(17-31)29(4,5)6)30-25-18-10-7-11-19(25)34-21-13-9-15-23(27(21)30)35-22-14-8-12-20(33-18)26(22)30/h7-17H,1-6H3/q+1. The third-order valence-corrected chi connectivity index (χ3v) is 7.39. The maximum Gasteiger partial charge on any atom is 0.244 e. The molecule has 4 aromatic rings. The Kier molecular flexibility index (Phi) is 3.70. The number of aromatic nitrogens is 2. The molecule has 176 valence electrons. The summed E-state index contributed by atoms with van der Waals surface area (Å²) in [7, 11) is 0. The molecule has 5 nitrogen and oxygen atoms in total. The molecule has 1 aromatic heterocycles. The average molecular weight is 466 g/mol. The molecule has 3 aliphatic heterocycles. The van der Waals surface area contributed by atoms with Gasteiger partial charge in [0.25, 0.3) is 0 Å². The van der Waals surface area contributed by atoms with E-state index in [1.54, 1.807) is 0 Å². The van der Waals surface area contributed by atoms with Crippen molar-refractivity contribution in [1.82, 2.24) is 4.57 Å². The lowest BCUT2D eigenvalue weighted by Gasteiger charge is -2.46. The third kappa shape index (κ3) is 2.51. The number of nitrogens with zero attached hydrogens (tertiary/aromatic N) is 2. The first-order valence-corrected chi connectivity index (χ1v) is 12.2. The first-order valence-electron chi connectivity index (χ1n) is 12.2. The number of hydrogen-bond donors (Lipinski definition) is 0. The highest BCUT2D eigenvalue weighted by atomic mass is 16.5. The zero-order valence-electron chi connectivity index (χ0n) is 21.0. The van der Waals surface area contributed by atoms with Gasteiger partial charge in [-0.15, -0.1) is 0 Å². The van der Waals surface area contributed by atoms with Crippen LogP contribution in [0.5, 0.6) is 34.5 Å². The molecule has 35 heavy (non-hydrogen) atoms. The summed E-state index contributed by atoms with van der Waals surface area (Å²) in [6, 6.07) is 18.3. The van der Waals surface area contributed by atoms with E-state index in [2.05, 4.69) is 63.2 Å². The maximum absolute atomic E-state index is 6.52. The second kappa shape index (κ2) is 6.28. The van der Waals surface area contributed by atoms with Gasteiger partial charge in [-0.2, -0.15) is 0 Å². The Morgan fingerprint density at radius 2 is 1.00 bits per heavy atom. The van der Waals surface area contributed by atoms with Crippen molar-refractivity contribution < 1.29 is 18.8 Å². The Labute approximate surface area is 205 Å². The van der Waals surface area contributed by atoms with Crippen molar-refractivity contribution in [1.29, 1.82) is 0 Å². The SMILES string of the molecule is CC(C)(C)n1c[n+](C(C)(C)C)cc1C12c3c4cccc3Oc3cccc(c31)Oc1cccc(c12)O4. The van der Waals surface area contributed by atoms with Crippen molar-refractivity contribution >= 4 is 0 Å². The van der Waals surface area contributed by atoms with Crippen molar-refractivity contribution in [2.45, 2.75) is 58.0 Å². The summed E-state index contributed by atoms with van der Waals surface area (Å²) < 4.78 is 24.3. The van der Waals surface area contributed by atoms with Gasteiger partial charge in [-0.3, -0.25) is 0 Å². The van der Waals surface area contributed by atoms with E-state index in [9.17, 15) is 0 Å². The van der Waals surface area contributed by atoms with Crippen LogP contribution in [0.3, 0.4) is 0 Å². The Morgan fingerprint density at radius 3 is 1.31 bits per heavy atom. The van der Waals surface area contributed by atoms with Crippen LogP contribution in [0.25, 0.3) is 0 Å². The fourth-order valence-corrected chi connectivity index (χ4v) is 5.86. The van der Waals surface area contributed by atoms with Crippen molar-refractivity contribution in [3.8, 4) is 34.5 Å². The highest BCUT2D eigenvalue weighted by molar-refractivity contribution is 5.81. The van der Waals surface area contributed by atoms with Crippen LogP contribution in [0.4, 0.5) is 0 Å². The molecule has 0 bridgehead atoms. The fourth-order valence-electron chi connectivity index (χ4n) is 5.86. The molecule has 5 heteroatoms. The van der Waals surface area contributed by atoms with Gasteiger partial charge >= 0.3 is 0 Å². The van der Waals surface area contributed by atoms with Gasteiger partial charge in [0.2, 0.25) is 6.33 Å². The molecule has 0 saturated carbocycles. The Hall–Kier alpha value is -3.73. The summed E-state index contributed by atoms with van der Waals surface area (Å²) in [5.41, 5.74) is 3.37. The molecule has 3 aromatic carbocycles. The fraction of sp³-hybridized carbons (Fsp3) is 0.300. The molecule has 0 N–H and O–H groups in total. The Morgan fingerprint density at radius 1 is 0.629 bits per heavy atom. The Balaban J connectivity index is 1.74. The zero-order chi connectivity index (χ0) is 24.3. The molecule has 0 atom stereocenters. The van der Waals surface area contributed by atoms with E-state index >= 15 is 0 Å². The molecule has 3 aliphatic rings. The van der Waals surface area contributed by atoms with Gasteiger partial charge in [-0.25, -0.2) is 9.13 Å². The number of benzene rings is 3. The van der Waals surface area contributed by atoms with Crippen LogP contribution in [0.15, 0.2) is 67.1 Å². The van der Waals surface area contributed by atoms with E-state index < -0.39 is 5.41 Å². The van der Waals surface area contributed by atoms with Crippen LogP contribution in [-0.4, -0.2) is 4.57 Å². The van der Waals surface area contributed by atoms with E-state index in [-0.39, 0.29) is 11.1 Å². The molecule has 0 unspecified atom stereocenters. The van der Waals surface area contributed by atoms with E-state index in [4.69, 9.17) is 14.2 Å². The van der Waals surface area contributed by atoms with Crippen LogP contribution in [0.1, 0.15) is 63.9 Å². The quantitative estimate of drug-likeness (QED) is 0.245. The van der Waals surface area contributed by atoms with Crippen LogP contribution in [0, 0.1) is 0 Å². The zero-order valence-corrected chi connectivity index (χ0v) is 21.0. The highest BCUT2D eigenvalue weighted by Crippen LogP contribution is 2.68. The van der Waals surface area contributed by atoms with Gasteiger partial charge in [0.05, 0.1) is 16.7 Å². The maximum atomic E-state index is 6.52. The second-order valence-corrected chi connectivity index (χ2v) is 11.7. The summed E-state index contributed by atoms with van der Waals surface area (Å²) in [6.45, 7) is 13.5. The lowest BCUT2D eigenvalue weighted by Crippen LogP contribution is -2.49. The van der Waals surface area contributed by atoms with Gasteiger partial charge in [-0.1, -0.05) is 18.2 Å². The van der Waals surface area contributed by atoms with Crippen LogP contribution >= 0.6 is 0 Å². The molecule has 0 saturated heterocycles. The number of ether oxygens (including phenoxy) is 3. The molecule has 0 amide bonds. The van der Waals surface area contributed by atoms with Crippen molar-refractivity contribution in [2.75, 3.05) is 0 Å². The molecule has 0 fully saturated rings. The summed E-state index contributed by atoms with van der Waals surface area (Å²) in [5, 5.41) is 0. The summed E-state index contributed by atoms with van der Waals surface area (Å²) >= 11 is 0.